The van der Waals surface area contributed by atoms with Gasteiger partial charge >= 0.3 is 0 Å². The summed E-state index contributed by atoms with van der Waals surface area (Å²) in [5.41, 5.74) is 4.94. The standard InChI is InChI=1S/C32H31ClN2O2S/c1-22(2)20-34(32(37)26-10-8-24(9-11-26)23-6-4-3-5-7-23)21-30(36)35-18-16-29-28(17-19-38-29)31(35)25-12-14-27(33)15-13-25/h3-15,17,19,22,31H,16,18,20-21H2,1-2H3. The molecule has 0 bridgehead atoms. The van der Waals surface area contributed by atoms with E-state index in [-0.39, 0.29) is 30.3 Å². The van der Waals surface area contributed by atoms with Gasteiger partial charge in [-0.1, -0.05) is 80.0 Å². The third-order valence-corrected chi connectivity index (χ3v) is 8.16. The molecular weight excluding hydrogens is 512 g/mol. The lowest BCUT2D eigenvalue weighted by Gasteiger charge is -2.38. The number of halogens is 1. The van der Waals surface area contributed by atoms with Crippen molar-refractivity contribution < 1.29 is 9.59 Å². The highest BCUT2D eigenvalue weighted by Crippen LogP contribution is 2.38. The van der Waals surface area contributed by atoms with E-state index in [9.17, 15) is 9.59 Å². The molecular formula is C32H31ClN2O2S. The zero-order valence-corrected chi connectivity index (χ0v) is 23.2. The van der Waals surface area contributed by atoms with E-state index in [1.807, 2.05) is 71.6 Å². The quantitative estimate of drug-likeness (QED) is 0.245. The molecule has 3 aromatic carbocycles. The normalized spacial score (nSPS) is 14.8. The molecule has 4 aromatic rings. The van der Waals surface area contributed by atoms with Gasteiger partial charge in [0, 0.05) is 28.6 Å². The van der Waals surface area contributed by atoms with Crippen LogP contribution in [0.4, 0.5) is 0 Å². The number of rotatable bonds is 7. The van der Waals surface area contributed by atoms with Gasteiger partial charge in [0.15, 0.2) is 0 Å². The Morgan fingerprint density at radius 2 is 1.63 bits per heavy atom. The Balaban J connectivity index is 1.39. The lowest BCUT2D eigenvalue weighted by molar-refractivity contribution is -0.134. The minimum Gasteiger partial charge on any atom is -0.330 e. The van der Waals surface area contributed by atoms with Gasteiger partial charge in [-0.15, -0.1) is 11.3 Å². The fraction of sp³-hybridized carbons (Fsp3) is 0.250. The maximum Gasteiger partial charge on any atom is 0.254 e. The van der Waals surface area contributed by atoms with E-state index in [4.69, 9.17) is 11.6 Å². The molecule has 0 fully saturated rings. The number of benzene rings is 3. The SMILES string of the molecule is CC(C)CN(CC(=O)N1CCc2sccc2C1c1ccc(Cl)cc1)C(=O)c1ccc(-c2ccccc2)cc1. The van der Waals surface area contributed by atoms with E-state index < -0.39 is 0 Å². The smallest absolute Gasteiger partial charge is 0.254 e. The first kappa shape index (κ1) is 26.2. The summed E-state index contributed by atoms with van der Waals surface area (Å²) in [4.78, 5) is 32.4. The zero-order chi connectivity index (χ0) is 26.6. The van der Waals surface area contributed by atoms with Crippen LogP contribution in [0, 0.1) is 5.92 Å². The number of nitrogens with zero attached hydrogens (tertiary/aromatic N) is 2. The Kier molecular flexibility index (Phi) is 7.96. The van der Waals surface area contributed by atoms with Crippen molar-refractivity contribution in [3.63, 3.8) is 0 Å². The third kappa shape index (κ3) is 5.69. The molecule has 1 atom stereocenters. The fourth-order valence-electron chi connectivity index (χ4n) is 5.12. The van der Waals surface area contributed by atoms with Crippen LogP contribution in [0.15, 0.2) is 90.3 Å². The van der Waals surface area contributed by atoms with Crippen molar-refractivity contribution in [1.29, 1.82) is 0 Å². The summed E-state index contributed by atoms with van der Waals surface area (Å²) in [5.74, 6) is 0.0619. The topological polar surface area (TPSA) is 40.6 Å². The fourth-order valence-corrected chi connectivity index (χ4v) is 6.15. The van der Waals surface area contributed by atoms with Crippen molar-refractivity contribution in [2.45, 2.75) is 26.3 Å². The molecule has 0 saturated carbocycles. The van der Waals surface area contributed by atoms with Crippen LogP contribution in [0.1, 0.15) is 46.3 Å². The monoisotopic (exact) mass is 542 g/mol. The van der Waals surface area contributed by atoms with Crippen LogP contribution < -0.4 is 0 Å². The van der Waals surface area contributed by atoms with Gasteiger partial charge in [0.25, 0.3) is 5.91 Å². The van der Waals surface area contributed by atoms with Gasteiger partial charge in [0.1, 0.15) is 6.54 Å². The number of amides is 2. The summed E-state index contributed by atoms with van der Waals surface area (Å²) in [6.07, 6.45) is 0.821. The third-order valence-electron chi connectivity index (χ3n) is 6.91. The molecule has 1 unspecified atom stereocenters. The van der Waals surface area contributed by atoms with Crippen LogP contribution in [0.25, 0.3) is 11.1 Å². The van der Waals surface area contributed by atoms with Gasteiger partial charge in [0.2, 0.25) is 5.91 Å². The highest BCUT2D eigenvalue weighted by molar-refractivity contribution is 7.10. The second-order valence-electron chi connectivity index (χ2n) is 10.1. The number of hydrogen-bond acceptors (Lipinski definition) is 3. The summed E-state index contributed by atoms with van der Waals surface area (Å²) in [6, 6.07) is 27.4. The molecule has 0 aliphatic carbocycles. The molecule has 38 heavy (non-hydrogen) atoms. The number of thiophene rings is 1. The zero-order valence-electron chi connectivity index (χ0n) is 21.6. The summed E-state index contributed by atoms with van der Waals surface area (Å²) >= 11 is 7.90. The van der Waals surface area contributed by atoms with Crippen LogP contribution >= 0.6 is 22.9 Å². The number of hydrogen-bond donors (Lipinski definition) is 0. The molecule has 0 saturated heterocycles. The Bertz CT molecular complexity index is 1400. The van der Waals surface area contributed by atoms with Crippen LogP contribution in [-0.4, -0.2) is 41.2 Å². The van der Waals surface area contributed by atoms with Gasteiger partial charge in [-0.25, -0.2) is 0 Å². The number of fused-ring (bicyclic) bond motifs is 1. The van der Waals surface area contributed by atoms with E-state index >= 15 is 0 Å². The average molecular weight is 543 g/mol. The van der Waals surface area contributed by atoms with Crippen LogP contribution in [0.3, 0.4) is 0 Å². The van der Waals surface area contributed by atoms with Gasteiger partial charge < -0.3 is 9.80 Å². The first-order valence-corrected chi connectivity index (χ1v) is 14.2. The Hall–Kier alpha value is -3.41. The van der Waals surface area contributed by atoms with Crippen LogP contribution in [-0.2, 0) is 11.2 Å². The van der Waals surface area contributed by atoms with E-state index in [2.05, 4.69) is 37.4 Å². The van der Waals surface area contributed by atoms with Gasteiger partial charge in [-0.05, 0) is 70.3 Å². The summed E-state index contributed by atoms with van der Waals surface area (Å²) in [7, 11) is 0. The van der Waals surface area contributed by atoms with Crippen molar-refractivity contribution >= 4 is 34.8 Å². The molecule has 5 rings (SSSR count). The molecule has 1 aliphatic rings. The van der Waals surface area contributed by atoms with Crippen molar-refractivity contribution in [2.75, 3.05) is 19.6 Å². The van der Waals surface area contributed by atoms with Crippen molar-refractivity contribution in [1.82, 2.24) is 9.80 Å². The average Bonchev–Trinajstić information content (AvgIpc) is 3.42. The van der Waals surface area contributed by atoms with E-state index in [1.54, 1.807) is 16.2 Å². The van der Waals surface area contributed by atoms with Gasteiger partial charge in [0.05, 0.1) is 6.04 Å². The minimum absolute atomic E-state index is 0.0427. The van der Waals surface area contributed by atoms with Crippen molar-refractivity contribution in [3.05, 3.63) is 117 Å². The lowest BCUT2D eigenvalue weighted by Crippen LogP contribution is -2.47. The Morgan fingerprint density at radius 3 is 2.32 bits per heavy atom. The minimum atomic E-state index is -0.184. The number of carbonyl (C=O) groups excluding carboxylic acids is 2. The molecule has 4 nitrogen and oxygen atoms in total. The molecule has 2 amide bonds. The predicted octanol–water partition coefficient (Wildman–Crippen LogP) is 7.34. The molecule has 0 N–H and O–H groups in total. The molecule has 6 heteroatoms. The second kappa shape index (κ2) is 11.5. The maximum absolute atomic E-state index is 13.9. The first-order valence-electron chi connectivity index (χ1n) is 13.0. The van der Waals surface area contributed by atoms with Crippen molar-refractivity contribution in [3.8, 4) is 11.1 Å². The van der Waals surface area contributed by atoms with E-state index in [0.717, 1.165) is 28.7 Å². The molecule has 2 heterocycles. The predicted molar refractivity (Wildman–Crippen MR) is 156 cm³/mol. The first-order chi connectivity index (χ1) is 18.4. The summed E-state index contributed by atoms with van der Waals surface area (Å²) in [5, 5.41) is 2.76. The molecule has 1 aliphatic heterocycles. The summed E-state index contributed by atoms with van der Waals surface area (Å²) in [6.45, 7) is 5.31. The van der Waals surface area contributed by atoms with Gasteiger partial charge in [-0.3, -0.25) is 9.59 Å². The largest absolute Gasteiger partial charge is 0.330 e. The highest BCUT2D eigenvalue weighted by Gasteiger charge is 2.34. The summed E-state index contributed by atoms with van der Waals surface area (Å²) < 4.78 is 0. The van der Waals surface area contributed by atoms with Crippen LogP contribution in [0.2, 0.25) is 5.02 Å². The molecule has 0 spiro atoms. The van der Waals surface area contributed by atoms with E-state index in [1.165, 1.54) is 4.88 Å². The van der Waals surface area contributed by atoms with Gasteiger partial charge in [-0.2, -0.15) is 0 Å². The number of carbonyl (C=O) groups is 2. The Labute approximate surface area is 233 Å². The van der Waals surface area contributed by atoms with Crippen molar-refractivity contribution in [2.24, 2.45) is 5.92 Å². The lowest BCUT2D eigenvalue weighted by atomic mass is 9.93. The van der Waals surface area contributed by atoms with E-state index in [0.29, 0.717) is 23.7 Å². The van der Waals surface area contributed by atoms with Crippen LogP contribution in [0.5, 0.6) is 0 Å². The highest BCUT2D eigenvalue weighted by atomic mass is 35.5. The molecule has 0 radical (unpaired) electrons. The second-order valence-corrected chi connectivity index (χ2v) is 11.6. The molecule has 1 aromatic heterocycles. The Morgan fingerprint density at radius 1 is 0.947 bits per heavy atom. The molecule has 194 valence electrons. The maximum atomic E-state index is 13.9.